The van der Waals surface area contributed by atoms with Crippen molar-refractivity contribution in [2.75, 3.05) is 11.9 Å². The van der Waals surface area contributed by atoms with Gasteiger partial charge in [0.05, 0.1) is 0 Å². The van der Waals surface area contributed by atoms with Crippen molar-refractivity contribution in [3.63, 3.8) is 0 Å². The summed E-state index contributed by atoms with van der Waals surface area (Å²) in [6.07, 6.45) is 0.453. The molecule has 0 bridgehead atoms. The molecule has 2 N–H and O–H groups in total. The second-order valence-electron chi connectivity index (χ2n) is 4.45. The SMILES string of the molecule is CCC(C)N(CC(=O)O)C(=O)Nc1c(F)cc(F)cc1F. The van der Waals surface area contributed by atoms with E-state index in [0.29, 0.717) is 18.6 Å². The molecule has 1 atom stereocenters. The zero-order chi connectivity index (χ0) is 16.2. The van der Waals surface area contributed by atoms with Crippen LogP contribution in [-0.4, -0.2) is 34.6 Å². The number of carbonyl (C=O) groups excluding carboxylic acids is 1. The number of nitrogens with one attached hydrogen (secondary N) is 1. The lowest BCUT2D eigenvalue weighted by Crippen LogP contribution is -2.44. The van der Waals surface area contributed by atoms with Crippen LogP contribution in [0.2, 0.25) is 0 Å². The van der Waals surface area contributed by atoms with E-state index in [2.05, 4.69) is 0 Å². The number of rotatable bonds is 5. The van der Waals surface area contributed by atoms with E-state index in [1.54, 1.807) is 13.8 Å². The number of carboxylic acid groups (broad SMARTS) is 1. The van der Waals surface area contributed by atoms with Gasteiger partial charge in [0.2, 0.25) is 0 Å². The molecular formula is C13H15F3N2O3. The standard InChI is InChI=1S/C13H15F3N2O3/c1-3-7(2)18(6-11(19)20)13(21)17-12-9(15)4-8(14)5-10(12)16/h4-5,7H,3,6H2,1-2H3,(H,17,21)(H,19,20). The Bertz CT molecular complexity index is 528. The van der Waals surface area contributed by atoms with Crippen LogP contribution in [0, 0.1) is 17.5 Å². The lowest BCUT2D eigenvalue weighted by atomic mass is 10.2. The van der Waals surface area contributed by atoms with Crippen LogP contribution in [0.4, 0.5) is 23.7 Å². The van der Waals surface area contributed by atoms with Crippen LogP contribution in [0.15, 0.2) is 12.1 Å². The van der Waals surface area contributed by atoms with E-state index in [4.69, 9.17) is 5.11 Å². The number of nitrogens with zero attached hydrogens (tertiary/aromatic N) is 1. The van der Waals surface area contributed by atoms with Gasteiger partial charge in [0.25, 0.3) is 0 Å². The molecule has 0 saturated carbocycles. The van der Waals surface area contributed by atoms with E-state index in [1.807, 2.05) is 5.32 Å². The summed E-state index contributed by atoms with van der Waals surface area (Å²) in [5.41, 5.74) is -0.819. The number of hydrogen-bond acceptors (Lipinski definition) is 2. The molecule has 1 aromatic rings. The summed E-state index contributed by atoms with van der Waals surface area (Å²) in [5, 5.41) is 10.7. The van der Waals surface area contributed by atoms with Crippen LogP contribution in [0.5, 0.6) is 0 Å². The lowest BCUT2D eigenvalue weighted by Gasteiger charge is -2.27. The number of anilines is 1. The van der Waals surface area contributed by atoms with E-state index in [-0.39, 0.29) is 0 Å². The maximum absolute atomic E-state index is 13.5. The van der Waals surface area contributed by atoms with Crippen molar-refractivity contribution in [1.82, 2.24) is 4.90 Å². The van der Waals surface area contributed by atoms with Crippen LogP contribution in [0.1, 0.15) is 20.3 Å². The Labute approximate surface area is 119 Å². The fourth-order valence-electron chi connectivity index (χ4n) is 1.63. The molecule has 116 valence electrons. The summed E-state index contributed by atoms with van der Waals surface area (Å²) in [5.74, 6) is -4.93. The summed E-state index contributed by atoms with van der Waals surface area (Å²) in [7, 11) is 0. The smallest absolute Gasteiger partial charge is 0.323 e. The molecule has 8 heteroatoms. The zero-order valence-corrected chi connectivity index (χ0v) is 11.5. The highest BCUT2D eigenvalue weighted by Gasteiger charge is 2.24. The minimum Gasteiger partial charge on any atom is -0.480 e. The first-order valence-corrected chi connectivity index (χ1v) is 6.20. The Morgan fingerprint density at radius 2 is 1.81 bits per heavy atom. The maximum atomic E-state index is 13.5. The highest BCUT2D eigenvalue weighted by atomic mass is 19.1. The van der Waals surface area contributed by atoms with Crippen LogP contribution >= 0.6 is 0 Å². The van der Waals surface area contributed by atoms with Gasteiger partial charge in [-0.25, -0.2) is 18.0 Å². The molecule has 0 aliphatic carbocycles. The molecule has 0 fully saturated rings. The molecule has 1 rings (SSSR count). The minimum atomic E-state index is -1.28. The topological polar surface area (TPSA) is 69.6 Å². The summed E-state index contributed by atoms with van der Waals surface area (Å²) in [4.78, 5) is 23.6. The molecule has 0 saturated heterocycles. The number of aliphatic carboxylic acids is 1. The third-order valence-electron chi connectivity index (χ3n) is 2.93. The molecule has 21 heavy (non-hydrogen) atoms. The zero-order valence-electron chi connectivity index (χ0n) is 11.5. The Morgan fingerprint density at radius 1 is 1.29 bits per heavy atom. The Kier molecular flexibility index (Phi) is 5.57. The summed E-state index contributed by atoms with van der Waals surface area (Å²) in [6, 6.07) is -0.587. The lowest BCUT2D eigenvalue weighted by molar-refractivity contribution is -0.138. The Morgan fingerprint density at radius 3 is 2.24 bits per heavy atom. The van der Waals surface area contributed by atoms with Gasteiger partial charge in [-0.1, -0.05) is 6.92 Å². The third-order valence-corrected chi connectivity index (χ3v) is 2.93. The predicted octanol–water partition coefficient (Wildman–Crippen LogP) is 2.82. The molecule has 0 spiro atoms. The van der Waals surface area contributed by atoms with Crippen molar-refractivity contribution in [2.24, 2.45) is 0 Å². The Balaban J connectivity index is 2.99. The summed E-state index contributed by atoms with van der Waals surface area (Å²) < 4.78 is 39.7. The fraction of sp³-hybridized carbons (Fsp3) is 0.385. The van der Waals surface area contributed by atoms with Gasteiger partial charge in [-0.15, -0.1) is 0 Å². The molecule has 0 radical (unpaired) electrons. The van der Waals surface area contributed by atoms with E-state index < -0.39 is 47.7 Å². The largest absolute Gasteiger partial charge is 0.480 e. The molecule has 0 heterocycles. The van der Waals surface area contributed by atoms with Gasteiger partial charge < -0.3 is 15.3 Å². The van der Waals surface area contributed by atoms with E-state index >= 15 is 0 Å². The average molecular weight is 304 g/mol. The molecular weight excluding hydrogens is 289 g/mol. The number of halogens is 3. The second kappa shape index (κ2) is 6.96. The number of carboxylic acids is 1. The number of carbonyl (C=O) groups is 2. The van der Waals surface area contributed by atoms with Gasteiger partial charge in [0.15, 0.2) is 11.6 Å². The van der Waals surface area contributed by atoms with E-state index in [9.17, 15) is 22.8 Å². The normalized spacial score (nSPS) is 11.9. The van der Waals surface area contributed by atoms with Gasteiger partial charge in [-0.2, -0.15) is 0 Å². The van der Waals surface area contributed by atoms with Crippen molar-refractivity contribution >= 4 is 17.7 Å². The van der Waals surface area contributed by atoms with Crippen molar-refractivity contribution in [3.05, 3.63) is 29.6 Å². The number of amides is 2. The quantitative estimate of drug-likeness (QED) is 0.879. The molecule has 0 aliphatic rings. The van der Waals surface area contributed by atoms with E-state index in [1.165, 1.54) is 0 Å². The van der Waals surface area contributed by atoms with Crippen LogP contribution in [-0.2, 0) is 4.79 Å². The summed E-state index contributed by atoms with van der Waals surface area (Å²) >= 11 is 0. The van der Waals surface area contributed by atoms with Crippen LogP contribution in [0.3, 0.4) is 0 Å². The maximum Gasteiger partial charge on any atom is 0.323 e. The van der Waals surface area contributed by atoms with Gasteiger partial charge in [0, 0.05) is 18.2 Å². The first kappa shape index (κ1) is 16.8. The first-order chi connectivity index (χ1) is 9.76. The molecule has 0 aliphatic heterocycles. The van der Waals surface area contributed by atoms with Gasteiger partial charge in [-0.05, 0) is 13.3 Å². The van der Waals surface area contributed by atoms with Crippen molar-refractivity contribution < 1.29 is 27.9 Å². The number of benzene rings is 1. The first-order valence-electron chi connectivity index (χ1n) is 6.20. The summed E-state index contributed by atoms with van der Waals surface area (Å²) in [6.45, 7) is 2.71. The van der Waals surface area contributed by atoms with Gasteiger partial charge >= 0.3 is 12.0 Å². The monoisotopic (exact) mass is 304 g/mol. The molecule has 1 aromatic carbocycles. The van der Waals surface area contributed by atoms with Crippen molar-refractivity contribution in [1.29, 1.82) is 0 Å². The number of urea groups is 1. The molecule has 2 amide bonds. The average Bonchev–Trinajstić information content (AvgIpc) is 2.38. The molecule has 0 aromatic heterocycles. The van der Waals surface area contributed by atoms with Crippen molar-refractivity contribution in [3.8, 4) is 0 Å². The molecule has 5 nitrogen and oxygen atoms in total. The Hall–Kier alpha value is -2.25. The minimum absolute atomic E-state index is 0.420. The third kappa shape index (κ3) is 4.37. The fourth-order valence-corrected chi connectivity index (χ4v) is 1.63. The van der Waals surface area contributed by atoms with Crippen LogP contribution in [0.25, 0.3) is 0 Å². The predicted molar refractivity (Wildman–Crippen MR) is 69.4 cm³/mol. The van der Waals surface area contributed by atoms with Crippen LogP contribution < -0.4 is 5.32 Å². The second-order valence-corrected chi connectivity index (χ2v) is 4.45. The highest BCUT2D eigenvalue weighted by molar-refractivity contribution is 5.91. The van der Waals surface area contributed by atoms with Crippen molar-refractivity contribution in [2.45, 2.75) is 26.3 Å². The molecule has 1 unspecified atom stereocenters. The van der Waals surface area contributed by atoms with Gasteiger partial charge in [-0.3, -0.25) is 4.79 Å². The van der Waals surface area contributed by atoms with E-state index in [0.717, 1.165) is 4.90 Å². The number of hydrogen-bond donors (Lipinski definition) is 2. The van der Waals surface area contributed by atoms with Gasteiger partial charge in [0.1, 0.15) is 18.0 Å². The highest BCUT2D eigenvalue weighted by Crippen LogP contribution is 2.21.